The van der Waals surface area contributed by atoms with Gasteiger partial charge in [-0.1, -0.05) is 0 Å². The van der Waals surface area contributed by atoms with E-state index in [4.69, 9.17) is 0 Å². The minimum atomic E-state index is 1.08. The molecule has 3 rings (SSSR count). The molecule has 2 nitrogen and oxygen atoms in total. The summed E-state index contributed by atoms with van der Waals surface area (Å²) in [4.78, 5) is 4.52. The second-order valence-electron chi connectivity index (χ2n) is 2.42. The monoisotopic (exact) mass is 122 g/mol. The molecule has 0 radical (unpaired) electrons. The molecule has 0 amide bonds. The molecule has 0 unspecified atom stereocenters. The first kappa shape index (κ1) is 4.91. The fourth-order valence-electron chi connectivity index (χ4n) is 1.17. The molecule has 0 atom stereocenters. The van der Waals surface area contributed by atoms with E-state index in [1.165, 1.54) is 6.54 Å². The summed E-state index contributed by atoms with van der Waals surface area (Å²) in [7, 11) is 0. The zero-order valence-corrected chi connectivity index (χ0v) is 5.33. The summed E-state index contributed by atoms with van der Waals surface area (Å²) in [5.74, 6) is 0. The van der Waals surface area contributed by atoms with Gasteiger partial charge in [0.2, 0.25) is 0 Å². The Morgan fingerprint density at radius 1 is 1.00 bits per heavy atom. The molecule has 3 aliphatic rings. The van der Waals surface area contributed by atoms with E-state index in [2.05, 4.69) is 34.5 Å². The molecule has 0 saturated carbocycles. The molecule has 9 heavy (non-hydrogen) atoms. The van der Waals surface area contributed by atoms with Gasteiger partial charge in [-0.3, -0.25) is 0 Å². The molecule has 3 aliphatic heterocycles. The zero-order valence-electron chi connectivity index (χ0n) is 5.33. The molecule has 48 valence electrons. The van der Waals surface area contributed by atoms with Gasteiger partial charge in [-0.25, -0.2) is 0 Å². The summed E-state index contributed by atoms with van der Waals surface area (Å²) in [5, 5.41) is 0. The van der Waals surface area contributed by atoms with Crippen molar-refractivity contribution >= 4 is 0 Å². The fraction of sp³-hybridized carbons (Fsp3) is 0.429. The highest BCUT2D eigenvalue weighted by Gasteiger charge is 2.08. The lowest BCUT2D eigenvalue weighted by Crippen LogP contribution is -2.28. The number of hydrogen-bond acceptors (Lipinski definition) is 2. The van der Waals surface area contributed by atoms with Crippen LogP contribution in [-0.4, -0.2) is 29.4 Å². The van der Waals surface area contributed by atoms with Crippen LogP contribution in [0.4, 0.5) is 0 Å². The van der Waals surface area contributed by atoms with Gasteiger partial charge in [0.1, 0.15) is 0 Å². The first-order chi connectivity index (χ1) is 4.45. The van der Waals surface area contributed by atoms with Gasteiger partial charge in [-0.2, -0.15) is 0 Å². The van der Waals surface area contributed by atoms with Gasteiger partial charge >= 0.3 is 0 Å². The SMILES string of the molecule is C1=CN2C=CN(C1)CC2. The zero-order chi connectivity index (χ0) is 6.10. The van der Waals surface area contributed by atoms with E-state index in [0.717, 1.165) is 13.1 Å². The van der Waals surface area contributed by atoms with Crippen LogP contribution in [0.25, 0.3) is 0 Å². The number of fused-ring (bicyclic) bond motifs is 2. The second kappa shape index (κ2) is 1.79. The lowest BCUT2D eigenvalue weighted by atomic mass is 10.4. The predicted molar refractivity (Wildman–Crippen MR) is 36.6 cm³/mol. The summed E-state index contributed by atoms with van der Waals surface area (Å²) in [5.41, 5.74) is 0. The quantitative estimate of drug-likeness (QED) is 0.464. The summed E-state index contributed by atoms with van der Waals surface area (Å²) in [6.45, 7) is 3.39. The first-order valence-electron chi connectivity index (χ1n) is 3.30. The van der Waals surface area contributed by atoms with Crippen LogP contribution < -0.4 is 0 Å². The summed E-state index contributed by atoms with van der Waals surface area (Å²) < 4.78 is 0. The fourth-order valence-corrected chi connectivity index (χ4v) is 1.17. The Balaban J connectivity index is 2.26. The maximum Gasteiger partial charge on any atom is 0.0396 e. The van der Waals surface area contributed by atoms with Crippen LogP contribution in [0.5, 0.6) is 0 Å². The van der Waals surface area contributed by atoms with Crippen LogP contribution >= 0.6 is 0 Å². The Kier molecular flexibility index (Phi) is 0.979. The third-order valence-electron chi connectivity index (χ3n) is 1.75. The molecule has 2 bridgehead atoms. The van der Waals surface area contributed by atoms with Crippen LogP contribution in [-0.2, 0) is 0 Å². The second-order valence-corrected chi connectivity index (χ2v) is 2.42. The molecule has 0 saturated heterocycles. The third-order valence-corrected chi connectivity index (χ3v) is 1.75. The summed E-state index contributed by atoms with van der Waals surface area (Å²) in [6.07, 6.45) is 8.59. The van der Waals surface area contributed by atoms with Crippen molar-refractivity contribution in [3.8, 4) is 0 Å². The smallest absolute Gasteiger partial charge is 0.0396 e. The van der Waals surface area contributed by atoms with Crippen LogP contribution in [0.2, 0.25) is 0 Å². The molecule has 0 spiro atoms. The van der Waals surface area contributed by atoms with Crippen molar-refractivity contribution in [2.24, 2.45) is 0 Å². The van der Waals surface area contributed by atoms with E-state index < -0.39 is 0 Å². The minimum absolute atomic E-state index is 1.08. The van der Waals surface area contributed by atoms with Gasteiger partial charge < -0.3 is 9.80 Å². The van der Waals surface area contributed by atoms with E-state index in [0.29, 0.717) is 0 Å². The van der Waals surface area contributed by atoms with E-state index in [-0.39, 0.29) is 0 Å². The van der Waals surface area contributed by atoms with Gasteiger partial charge in [0, 0.05) is 38.2 Å². The highest BCUT2D eigenvalue weighted by molar-refractivity contribution is 5.02. The molecule has 0 aromatic carbocycles. The van der Waals surface area contributed by atoms with Crippen molar-refractivity contribution in [2.45, 2.75) is 0 Å². The Morgan fingerprint density at radius 2 is 2.00 bits per heavy atom. The van der Waals surface area contributed by atoms with Crippen molar-refractivity contribution in [2.75, 3.05) is 19.6 Å². The highest BCUT2D eigenvalue weighted by Crippen LogP contribution is 2.07. The Labute approximate surface area is 55.1 Å². The third kappa shape index (κ3) is 0.803. The van der Waals surface area contributed by atoms with E-state index in [9.17, 15) is 0 Å². The van der Waals surface area contributed by atoms with Crippen LogP contribution in [0, 0.1) is 0 Å². The number of rotatable bonds is 0. The van der Waals surface area contributed by atoms with Crippen molar-refractivity contribution in [1.29, 1.82) is 0 Å². The van der Waals surface area contributed by atoms with Gasteiger partial charge in [-0.05, 0) is 6.08 Å². The van der Waals surface area contributed by atoms with Gasteiger partial charge in [-0.15, -0.1) is 0 Å². The molecular weight excluding hydrogens is 112 g/mol. The van der Waals surface area contributed by atoms with Gasteiger partial charge in [0.05, 0.1) is 0 Å². The number of hydrogen-bond donors (Lipinski definition) is 0. The molecular formula is C7H10N2. The van der Waals surface area contributed by atoms with Gasteiger partial charge in [0.15, 0.2) is 0 Å². The van der Waals surface area contributed by atoms with Crippen LogP contribution in [0.3, 0.4) is 0 Å². The lowest BCUT2D eigenvalue weighted by molar-refractivity contribution is 0.343. The Bertz CT molecular complexity index is 160. The lowest BCUT2D eigenvalue weighted by Gasteiger charge is -2.24. The maximum atomic E-state index is 2.31. The molecule has 0 fully saturated rings. The standard InChI is InChI=1S/C7H10N2/c1-2-8-4-6-9(3-1)7-5-8/h1-2,4,6H,3,5,7H2. The van der Waals surface area contributed by atoms with Gasteiger partial charge in [0.25, 0.3) is 0 Å². The predicted octanol–water partition coefficient (Wildman–Crippen LogP) is 0.603. The first-order valence-corrected chi connectivity index (χ1v) is 3.30. The molecule has 0 aromatic heterocycles. The Hall–Kier alpha value is -0.920. The maximum absolute atomic E-state index is 2.31. The molecule has 3 heterocycles. The molecule has 0 aliphatic carbocycles. The normalized spacial score (nSPS) is 23.1. The van der Waals surface area contributed by atoms with Crippen molar-refractivity contribution in [1.82, 2.24) is 9.80 Å². The average molecular weight is 122 g/mol. The summed E-state index contributed by atoms with van der Waals surface area (Å²) in [6, 6.07) is 0. The Morgan fingerprint density at radius 3 is 2.78 bits per heavy atom. The minimum Gasteiger partial charge on any atom is -0.371 e. The molecule has 0 aromatic rings. The topological polar surface area (TPSA) is 6.48 Å². The highest BCUT2D eigenvalue weighted by atomic mass is 15.2. The number of nitrogens with zero attached hydrogens (tertiary/aromatic N) is 2. The van der Waals surface area contributed by atoms with Crippen molar-refractivity contribution < 1.29 is 0 Å². The van der Waals surface area contributed by atoms with Crippen molar-refractivity contribution in [3.05, 3.63) is 24.7 Å². The summed E-state index contributed by atoms with van der Waals surface area (Å²) >= 11 is 0. The average Bonchev–Trinajstić information content (AvgIpc) is 2.21. The van der Waals surface area contributed by atoms with Crippen LogP contribution in [0.15, 0.2) is 24.7 Å². The van der Waals surface area contributed by atoms with E-state index in [1.807, 2.05) is 0 Å². The van der Waals surface area contributed by atoms with E-state index >= 15 is 0 Å². The van der Waals surface area contributed by atoms with E-state index in [1.54, 1.807) is 0 Å². The molecule has 0 N–H and O–H groups in total. The van der Waals surface area contributed by atoms with Crippen molar-refractivity contribution in [3.63, 3.8) is 0 Å². The van der Waals surface area contributed by atoms with Crippen LogP contribution in [0.1, 0.15) is 0 Å². The molecule has 2 heteroatoms. The largest absolute Gasteiger partial charge is 0.371 e.